The maximum Gasteiger partial charge on any atom is 0.198 e. The first kappa shape index (κ1) is 18.5. The molecule has 0 unspecified atom stereocenters. The van der Waals surface area contributed by atoms with Gasteiger partial charge in [-0.15, -0.1) is 0 Å². The minimum absolute atomic E-state index is 0.0633. The van der Waals surface area contributed by atoms with Crippen molar-refractivity contribution >= 4 is 18.8 Å². The second kappa shape index (κ2) is 8.02. The predicted octanol–water partition coefficient (Wildman–Crippen LogP) is 6.64. The van der Waals surface area contributed by atoms with Crippen LogP contribution in [0.15, 0.2) is 103 Å². The topological polar surface area (TPSA) is 38.3 Å². The number of benzene rings is 3. The summed E-state index contributed by atoms with van der Waals surface area (Å²) in [5, 5.41) is 3.33. The largest absolute Gasteiger partial charge is 0.456 e. The van der Waals surface area contributed by atoms with E-state index < -0.39 is 7.29 Å². The van der Waals surface area contributed by atoms with Crippen LogP contribution >= 0.6 is 7.29 Å². The normalized spacial score (nSPS) is 16.5. The fourth-order valence-corrected chi connectivity index (χ4v) is 5.30. The molecule has 28 heavy (non-hydrogen) atoms. The molecule has 3 aromatic rings. The molecule has 0 radical (unpaired) electrons. The Kier molecular flexibility index (Phi) is 5.29. The molecule has 1 atom stereocenters. The fourth-order valence-electron chi connectivity index (χ4n) is 3.22. The van der Waals surface area contributed by atoms with Crippen molar-refractivity contribution in [1.29, 1.82) is 0 Å². The highest BCUT2D eigenvalue weighted by molar-refractivity contribution is 7.68. The van der Waals surface area contributed by atoms with Crippen molar-refractivity contribution in [3.8, 4) is 0 Å². The molecule has 3 aromatic carbocycles. The number of rotatable bonds is 5. The van der Waals surface area contributed by atoms with Crippen molar-refractivity contribution in [2.24, 2.45) is 0 Å². The van der Waals surface area contributed by atoms with E-state index in [0.717, 1.165) is 16.7 Å². The molecule has 3 nitrogen and oxygen atoms in total. The van der Waals surface area contributed by atoms with Gasteiger partial charge in [-0.3, -0.25) is 9.65 Å². The van der Waals surface area contributed by atoms with Gasteiger partial charge in [-0.05, 0) is 12.5 Å². The molecule has 4 rings (SSSR count). The van der Waals surface area contributed by atoms with E-state index in [4.69, 9.17) is 4.74 Å². The van der Waals surface area contributed by atoms with Crippen LogP contribution in [0.25, 0.3) is 11.5 Å². The highest BCUT2D eigenvalue weighted by Crippen LogP contribution is 2.54. The summed E-state index contributed by atoms with van der Waals surface area (Å²) in [5.74, 6) is 4.68. The molecule has 0 spiro atoms. The van der Waals surface area contributed by atoms with E-state index in [1.165, 1.54) is 0 Å². The second-order valence-electron chi connectivity index (χ2n) is 6.79. The van der Waals surface area contributed by atoms with Crippen LogP contribution in [-0.4, -0.2) is 0 Å². The number of ether oxygens (including phenoxy) is 1. The van der Waals surface area contributed by atoms with Gasteiger partial charge in [-0.25, -0.2) is 0 Å². The van der Waals surface area contributed by atoms with Crippen molar-refractivity contribution < 1.29 is 9.30 Å². The van der Waals surface area contributed by atoms with Crippen molar-refractivity contribution in [3.05, 3.63) is 119 Å². The van der Waals surface area contributed by atoms with Gasteiger partial charge in [0.05, 0.1) is 0 Å². The van der Waals surface area contributed by atoms with Gasteiger partial charge < -0.3 is 4.74 Å². The Morgan fingerprint density at radius 3 is 1.61 bits per heavy atom. The van der Waals surface area contributed by atoms with Gasteiger partial charge in [-0.2, -0.15) is 0 Å². The Labute approximate surface area is 165 Å². The SMILES string of the molecule is C[C@@H](NP1(=O)C=C(c2ccccc2)OC(c2ccccc2)=C1)c1ccccc1. The van der Waals surface area contributed by atoms with E-state index in [0.29, 0.717) is 11.5 Å². The highest BCUT2D eigenvalue weighted by Gasteiger charge is 2.28. The number of hydrogen-bond acceptors (Lipinski definition) is 2. The molecule has 0 amide bonds. The van der Waals surface area contributed by atoms with Gasteiger partial charge in [0.1, 0.15) is 11.5 Å². The summed E-state index contributed by atoms with van der Waals surface area (Å²) in [4.78, 5) is 0. The molecule has 140 valence electrons. The summed E-state index contributed by atoms with van der Waals surface area (Å²) >= 11 is 0. The minimum atomic E-state index is -2.98. The molecule has 4 heteroatoms. The van der Waals surface area contributed by atoms with Gasteiger partial charge in [0.25, 0.3) is 0 Å². The Balaban J connectivity index is 1.73. The molecule has 0 aromatic heterocycles. The average molecular weight is 387 g/mol. The van der Waals surface area contributed by atoms with Gasteiger partial charge in [-0.1, -0.05) is 91.0 Å². The van der Waals surface area contributed by atoms with Crippen LogP contribution in [0, 0.1) is 0 Å². The average Bonchev–Trinajstić information content (AvgIpc) is 2.75. The van der Waals surface area contributed by atoms with Crippen LogP contribution in [0.5, 0.6) is 0 Å². The highest BCUT2D eigenvalue weighted by atomic mass is 31.2. The van der Waals surface area contributed by atoms with E-state index in [1.54, 1.807) is 11.6 Å². The summed E-state index contributed by atoms with van der Waals surface area (Å²) < 4.78 is 20.0. The molecule has 1 aliphatic heterocycles. The van der Waals surface area contributed by atoms with E-state index in [-0.39, 0.29) is 6.04 Å². The first-order valence-electron chi connectivity index (χ1n) is 9.29. The van der Waals surface area contributed by atoms with E-state index >= 15 is 0 Å². The molecule has 0 saturated carbocycles. The predicted molar refractivity (Wildman–Crippen MR) is 116 cm³/mol. The molecule has 1 N–H and O–H groups in total. The molecular weight excluding hydrogens is 365 g/mol. The third-order valence-corrected chi connectivity index (χ3v) is 6.68. The van der Waals surface area contributed by atoms with E-state index in [2.05, 4.69) is 5.09 Å². The van der Waals surface area contributed by atoms with Crippen molar-refractivity contribution in [3.63, 3.8) is 0 Å². The molecule has 0 fully saturated rings. The first-order valence-corrected chi connectivity index (χ1v) is 11.1. The standard InChI is InChI=1S/C24H22NO2P/c1-19(20-11-5-2-6-12-20)25-28(26)17-23(21-13-7-3-8-14-21)27-24(18-28)22-15-9-4-10-16-22/h2-19H,1H3,(H,25,26)/t19-/m1/s1. The third kappa shape index (κ3) is 4.17. The van der Waals surface area contributed by atoms with Crippen molar-refractivity contribution in [2.75, 3.05) is 0 Å². The lowest BCUT2D eigenvalue weighted by Gasteiger charge is -2.26. The maximum absolute atomic E-state index is 13.8. The summed E-state index contributed by atoms with van der Waals surface area (Å²) in [7, 11) is -2.98. The lowest BCUT2D eigenvalue weighted by atomic mass is 10.1. The summed E-state index contributed by atoms with van der Waals surface area (Å²) in [6.07, 6.45) is 0. The first-order chi connectivity index (χ1) is 13.6. The molecule has 1 heterocycles. The zero-order valence-electron chi connectivity index (χ0n) is 15.7. The van der Waals surface area contributed by atoms with Crippen LogP contribution in [-0.2, 0) is 9.30 Å². The fraction of sp³-hybridized carbons (Fsp3) is 0.0833. The maximum atomic E-state index is 13.8. The van der Waals surface area contributed by atoms with Crippen molar-refractivity contribution in [1.82, 2.24) is 5.09 Å². The number of hydrogen-bond donors (Lipinski definition) is 1. The number of nitrogens with one attached hydrogen (secondary N) is 1. The van der Waals surface area contributed by atoms with Gasteiger partial charge in [0.2, 0.25) is 0 Å². The monoisotopic (exact) mass is 387 g/mol. The Morgan fingerprint density at radius 1 is 0.714 bits per heavy atom. The second-order valence-corrected chi connectivity index (χ2v) is 8.99. The van der Waals surface area contributed by atoms with E-state index in [1.807, 2.05) is 97.9 Å². The van der Waals surface area contributed by atoms with Gasteiger partial charge in [0, 0.05) is 28.8 Å². The van der Waals surface area contributed by atoms with E-state index in [9.17, 15) is 4.57 Å². The molecule has 1 aliphatic rings. The van der Waals surface area contributed by atoms with Crippen LogP contribution < -0.4 is 5.09 Å². The van der Waals surface area contributed by atoms with Gasteiger partial charge in [0.15, 0.2) is 7.29 Å². The summed E-state index contributed by atoms with van der Waals surface area (Å²) in [6.45, 7) is 2.02. The van der Waals surface area contributed by atoms with Gasteiger partial charge >= 0.3 is 0 Å². The zero-order chi connectivity index (χ0) is 19.4. The zero-order valence-corrected chi connectivity index (χ0v) is 16.6. The Bertz CT molecular complexity index is 984. The molecular formula is C24H22NO2P. The van der Waals surface area contributed by atoms with Crippen LogP contribution in [0.3, 0.4) is 0 Å². The smallest absolute Gasteiger partial charge is 0.198 e. The third-order valence-electron chi connectivity index (χ3n) is 4.65. The Hall–Kier alpha value is -2.87. The lowest BCUT2D eigenvalue weighted by molar-refractivity contribution is 0.467. The van der Waals surface area contributed by atoms with Crippen molar-refractivity contribution in [2.45, 2.75) is 13.0 Å². The quantitative estimate of drug-likeness (QED) is 0.499. The molecule has 0 bridgehead atoms. The lowest BCUT2D eigenvalue weighted by Crippen LogP contribution is -2.15. The molecule has 0 aliphatic carbocycles. The van der Waals surface area contributed by atoms with Crippen LogP contribution in [0.2, 0.25) is 0 Å². The van der Waals surface area contributed by atoms with Crippen LogP contribution in [0.1, 0.15) is 29.7 Å². The summed E-state index contributed by atoms with van der Waals surface area (Å²) in [6, 6.07) is 29.5. The molecule has 0 saturated heterocycles. The summed E-state index contributed by atoms with van der Waals surface area (Å²) in [5.41, 5.74) is 2.89. The Morgan fingerprint density at radius 2 is 1.14 bits per heavy atom. The minimum Gasteiger partial charge on any atom is -0.456 e. The van der Waals surface area contributed by atoms with Crippen LogP contribution in [0.4, 0.5) is 0 Å².